The summed E-state index contributed by atoms with van der Waals surface area (Å²) in [6.07, 6.45) is 3.19. The maximum atomic E-state index is 9.01. The molecule has 0 fully saturated rings. The zero-order valence-corrected chi connectivity index (χ0v) is 22.0. The Hall–Kier alpha value is -6.08. The maximum absolute atomic E-state index is 9.01. The van der Waals surface area contributed by atoms with Gasteiger partial charge in [0.25, 0.3) is 0 Å². The molecule has 4 aromatic carbocycles. The van der Waals surface area contributed by atoms with Crippen LogP contribution >= 0.6 is 0 Å². The van der Waals surface area contributed by atoms with Gasteiger partial charge in [0.1, 0.15) is 35.4 Å². The Morgan fingerprint density at radius 2 is 0.878 bits per heavy atom. The van der Waals surface area contributed by atoms with E-state index in [0.717, 1.165) is 53.1 Å². The summed E-state index contributed by atoms with van der Waals surface area (Å²) in [7, 11) is 0. The molecular formula is C35H22N6. The molecule has 0 aromatic heterocycles. The van der Waals surface area contributed by atoms with E-state index < -0.39 is 0 Å². The molecule has 192 valence electrons. The number of benzene rings is 4. The Labute approximate surface area is 238 Å². The van der Waals surface area contributed by atoms with Gasteiger partial charge in [-0.2, -0.15) is 21.0 Å². The molecule has 0 amide bonds. The van der Waals surface area contributed by atoms with Crippen molar-refractivity contribution in [1.29, 1.82) is 21.0 Å². The van der Waals surface area contributed by atoms with Gasteiger partial charge in [0.2, 0.25) is 0 Å². The number of fused-ring (bicyclic) bond motifs is 6. The molecule has 0 saturated carbocycles. The van der Waals surface area contributed by atoms with Crippen molar-refractivity contribution < 1.29 is 0 Å². The van der Waals surface area contributed by atoms with Crippen molar-refractivity contribution in [3.05, 3.63) is 118 Å². The molecule has 0 N–H and O–H groups in total. The standard InChI is InChI=1S/C35H22N6/c36-17-26(18-37)13-24-1-5-28(6-2-24)30-9-11-34-32(15-30)21-40-23-41(34)22-33-16-31(10-12-35(33)40)29-7-3-25(4-8-29)14-27(19-38)20-39/h1-16H,21-23H2. The fourth-order valence-corrected chi connectivity index (χ4v) is 5.50. The Morgan fingerprint density at radius 3 is 1.24 bits per heavy atom. The maximum Gasteiger partial charge on any atom is 0.130 e. The highest BCUT2D eigenvalue weighted by atomic mass is 15.4. The van der Waals surface area contributed by atoms with Crippen LogP contribution in [0.1, 0.15) is 22.3 Å². The van der Waals surface area contributed by atoms with Crippen LogP contribution in [0.3, 0.4) is 0 Å². The SMILES string of the molecule is N#CC(C#N)=Cc1ccc(-c2ccc3c(c2)CN2CN3Cc3cc(-c4ccc(C=C(C#N)C#N)cc4)ccc32)cc1. The van der Waals surface area contributed by atoms with E-state index in [9.17, 15) is 0 Å². The van der Waals surface area contributed by atoms with Crippen molar-refractivity contribution in [1.82, 2.24) is 0 Å². The lowest BCUT2D eigenvalue weighted by Crippen LogP contribution is -2.46. The van der Waals surface area contributed by atoms with Crippen LogP contribution in [0.15, 0.2) is 96.1 Å². The third-order valence-electron chi connectivity index (χ3n) is 7.50. The number of anilines is 2. The van der Waals surface area contributed by atoms with Gasteiger partial charge >= 0.3 is 0 Å². The molecule has 0 radical (unpaired) electrons. The summed E-state index contributed by atoms with van der Waals surface area (Å²) in [5.74, 6) is 0. The zero-order chi connectivity index (χ0) is 28.3. The highest BCUT2D eigenvalue weighted by Crippen LogP contribution is 2.40. The summed E-state index contributed by atoms with van der Waals surface area (Å²) >= 11 is 0. The van der Waals surface area contributed by atoms with Gasteiger partial charge in [-0.25, -0.2) is 0 Å². The molecule has 2 heterocycles. The molecule has 4 aromatic rings. The molecule has 0 unspecified atom stereocenters. The molecular weight excluding hydrogens is 504 g/mol. The average Bonchev–Trinajstić information content (AvgIpc) is 3.02. The molecule has 6 nitrogen and oxygen atoms in total. The van der Waals surface area contributed by atoms with Crippen LogP contribution in [-0.2, 0) is 13.1 Å². The Balaban J connectivity index is 1.24. The van der Waals surface area contributed by atoms with Crippen LogP contribution in [-0.4, -0.2) is 6.67 Å². The topological polar surface area (TPSA) is 102 Å². The van der Waals surface area contributed by atoms with E-state index in [1.165, 1.54) is 22.5 Å². The van der Waals surface area contributed by atoms with Crippen molar-refractivity contribution in [2.75, 3.05) is 16.5 Å². The summed E-state index contributed by atoms with van der Waals surface area (Å²) in [6.45, 7) is 2.49. The lowest BCUT2D eigenvalue weighted by Gasteiger charge is -2.45. The number of allylic oxidation sites excluding steroid dienone is 2. The van der Waals surface area contributed by atoms with E-state index in [4.69, 9.17) is 21.0 Å². The van der Waals surface area contributed by atoms with Crippen LogP contribution in [0.2, 0.25) is 0 Å². The molecule has 2 aliphatic heterocycles. The third-order valence-corrected chi connectivity index (χ3v) is 7.50. The number of hydrogen-bond acceptors (Lipinski definition) is 6. The molecule has 2 bridgehead atoms. The molecule has 0 aliphatic carbocycles. The summed E-state index contributed by atoms with van der Waals surface area (Å²) in [5.41, 5.74) is 11.3. The van der Waals surface area contributed by atoms with Gasteiger partial charge in [0.15, 0.2) is 0 Å². The lowest BCUT2D eigenvalue weighted by atomic mass is 9.95. The molecule has 0 spiro atoms. The predicted molar refractivity (Wildman–Crippen MR) is 159 cm³/mol. The summed E-state index contributed by atoms with van der Waals surface area (Å²) in [5, 5.41) is 36.0. The first kappa shape index (κ1) is 25.2. The van der Waals surface area contributed by atoms with Crippen LogP contribution < -0.4 is 9.80 Å². The van der Waals surface area contributed by atoms with Gasteiger partial charge in [-0.15, -0.1) is 0 Å². The van der Waals surface area contributed by atoms with Gasteiger partial charge in [0.05, 0.1) is 6.67 Å². The van der Waals surface area contributed by atoms with Gasteiger partial charge in [0, 0.05) is 24.5 Å². The number of nitrogens with zero attached hydrogens (tertiary/aromatic N) is 6. The van der Waals surface area contributed by atoms with Crippen molar-refractivity contribution in [2.45, 2.75) is 13.1 Å². The monoisotopic (exact) mass is 526 g/mol. The van der Waals surface area contributed by atoms with Gasteiger partial charge in [-0.1, -0.05) is 60.7 Å². The van der Waals surface area contributed by atoms with E-state index in [0.29, 0.717) is 0 Å². The van der Waals surface area contributed by atoms with Crippen LogP contribution in [0.25, 0.3) is 34.4 Å². The molecule has 0 atom stereocenters. The second kappa shape index (κ2) is 10.6. The summed E-state index contributed by atoms with van der Waals surface area (Å²) < 4.78 is 0. The van der Waals surface area contributed by atoms with Crippen molar-refractivity contribution >= 4 is 23.5 Å². The quantitative estimate of drug-likeness (QED) is 0.261. The first-order valence-corrected chi connectivity index (χ1v) is 13.1. The van der Waals surface area contributed by atoms with E-state index in [-0.39, 0.29) is 11.1 Å². The highest BCUT2D eigenvalue weighted by molar-refractivity contribution is 5.77. The van der Waals surface area contributed by atoms with E-state index in [2.05, 4.69) is 46.2 Å². The van der Waals surface area contributed by atoms with Gasteiger partial charge in [-0.05, 0) is 80.9 Å². The smallest absolute Gasteiger partial charge is 0.130 e. The molecule has 41 heavy (non-hydrogen) atoms. The Bertz CT molecular complexity index is 1730. The lowest BCUT2D eigenvalue weighted by molar-refractivity contribution is 0.651. The van der Waals surface area contributed by atoms with Crippen LogP contribution in [0.5, 0.6) is 0 Å². The van der Waals surface area contributed by atoms with Crippen molar-refractivity contribution in [2.24, 2.45) is 0 Å². The number of nitriles is 4. The van der Waals surface area contributed by atoms with E-state index in [1.54, 1.807) is 12.2 Å². The first-order valence-electron chi connectivity index (χ1n) is 13.1. The number of rotatable bonds is 4. The fourth-order valence-electron chi connectivity index (χ4n) is 5.50. The number of hydrogen-bond donors (Lipinski definition) is 0. The minimum Gasteiger partial charge on any atom is -0.349 e. The normalized spacial score (nSPS) is 12.4. The van der Waals surface area contributed by atoms with E-state index >= 15 is 0 Å². The van der Waals surface area contributed by atoms with E-state index in [1.807, 2.05) is 72.8 Å². The molecule has 6 rings (SSSR count). The Kier molecular flexibility index (Phi) is 6.51. The fraction of sp³-hybridized carbons (Fsp3) is 0.0857. The second-order valence-electron chi connectivity index (χ2n) is 10.0. The Morgan fingerprint density at radius 1 is 0.512 bits per heavy atom. The largest absolute Gasteiger partial charge is 0.349 e. The van der Waals surface area contributed by atoms with Crippen molar-refractivity contribution in [3.63, 3.8) is 0 Å². The average molecular weight is 527 g/mol. The van der Waals surface area contributed by atoms with Crippen molar-refractivity contribution in [3.8, 4) is 46.5 Å². The highest BCUT2D eigenvalue weighted by Gasteiger charge is 2.29. The van der Waals surface area contributed by atoms with Gasteiger partial charge < -0.3 is 9.80 Å². The molecule has 2 aliphatic rings. The summed E-state index contributed by atoms with van der Waals surface area (Å²) in [6, 6.07) is 36.7. The first-order chi connectivity index (χ1) is 20.1. The minimum absolute atomic E-state index is 0.0889. The van der Waals surface area contributed by atoms with Crippen LogP contribution in [0.4, 0.5) is 11.4 Å². The molecule has 6 heteroatoms. The minimum atomic E-state index is 0.0889. The zero-order valence-electron chi connectivity index (χ0n) is 22.0. The molecule has 0 saturated heterocycles. The third kappa shape index (κ3) is 4.91. The van der Waals surface area contributed by atoms with Crippen LogP contribution in [0, 0.1) is 45.3 Å². The predicted octanol–water partition coefficient (Wildman–Crippen LogP) is 7.18. The van der Waals surface area contributed by atoms with Gasteiger partial charge in [-0.3, -0.25) is 0 Å². The summed E-state index contributed by atoms with van der Waals surface area (Å²) in [4.78, 5) is 4.82. The second-order valence-corrected chi connectivity index (χ2v) is 10.0.